The largest absolute Gasteiger partial charge is 0.455 e. The number of amides is 2. The Morgan fingerprint density at radius 2 is 1.64 bits per heavy atom. The molecule has 0 aliphatic carbocycles. The molecule has 0 bridgehead atoms. The van der Waals surface area contributed by atoms with Gasteiger partial charge in [0.2, 0.25) is 11.8 Å². The van der Waals surface area contributed by atoms with E-state index in [1.807, 2.05) is 77.7 Å². The number of para-hydroxylation sites is 3. The van der Waals surface area contributed by atoms with Crippen LogP contribution in [0.15, 0.2) is 78.9 Å². The van der Waals surface area contributed by atoms with Crippen molar-refractivity contribution >= 4 is 29.1 Å². The van der Waals surface area contributed by atoms with Gasteiger partial charge in [-0.05, 0) is 49.0 Å². The third kappa shape index (κ3) is 7.23. The van der Waals surface area contributed by atoms with Crippen molar-refractivity contribution in [2.45, 2.75) is 6.54 Å². The molecule has 0 atom stereocenters. The first-order valence-electron chi connectivity index (χ1n) is 12.0. The molecule has 0 spiro atoms. The molecule has 1 N–H and O–H groups in total. The normalized spacial score (nSPS) is 13.8. The maximum Gasteiger partial charge on any atom is 0.242 e. The van der Waals surface area contributed by atoms with E-state index in [1.54, 1.807) is 11.0 Å². The van der Waals surface area contributed by atoms with Crippen LogP contribution >= 0.6 is 11.6 Å². The molecule has 3 aromatic rings. The predicted molar refractivity (Wildman–Crippen MR) is 143 cm³/mol. The molecule has 2 amide bonds. The highest BCUT2D eigenvalue weighted by Gasteiger charge is 2.24. The van der Waals surface area contributed by atoms with Gasteiger partial charge in [0.25, 0.3) is 0 Å². The van der Waals surface area contributed by atoms with E-state index in [9.17, 15) is 9.59 Å². The van der Waals surface area contributed by atoms with Gasteiger partial charge in [-0.1, -0.05) is 54.1 Å². The molecule has 0 saturated carbocycles. The van der Waals surface area contributed by atoms with Gasteiger partial charge >= 0.3 is 0 Å². The fraction of sp³-hybridized carbons (Fsp3) is 0.286. The van der Waals surface area contributed by atoms with Crippen molar-refractivity contribution in [2.24, 2.45) is 0 Å². The standard InChI is InChI=1S/C28H31ClN4O3/c1-31-14-16-32(17-15-31)28(35)21-33(20-27(34)30-19-22-8-7-9-23(29)18-22)25-12-5-6-13-26(25)36-24-10-3-2-4-11-24/h2-13,18H,14-17,19-21H2,1H3,(H,30,34). The lowest BCUT2D eigenvalue weighted by molar-refractivity contribution is -0.131. The predicted octanol–water partition coefficient (Wildman–Crippen LogP) is 4.03. The smallest absolute Gasteiger partial charge is 0.242 e. The summed E-state index contributed by atoms with van der Waals surface area (Å²) in [5.74, 6) is 1.05. The van der Waals surface area contributed by atoms with Gasteiger partial charge in [0.15, 0.2) is 5.75 Å². The molecule has 1 aliphatic heterocycles. The zero-order valence-corrected chi connectivity index (χ0v) is 21.2. The molecular formula is C28H31ClN4O3. The van der Waals surface area contributed by atoms with Crippen molar-refractivity contribution in [2.75, 3.05) is 51.2 Å². The summed E-state index contributed by atoms with van der Waals surface area (Å²) in [5, 5.41) is 3.56. The lowest BCUT2D eigenvalue weighted by Crippen LogP contribution is -2.51. The Morgan fingerprint density at radius 1 is 0.917 bits per heavy atom. The SMILES string of the molecule is CN1CCN(C(=O)CN(CC(=O)NCc2cccc(Cl)c2)c2ccccc2Oc2ccccc2)CC1. The zero-order valence-electron chi connectivity index (χ0n) is 20.4. The Hall–Kier alpha value is -3.55. The second-order valence-electron chi connectivity index (χ2n) is 8.83. The summed E-state index contributed by atoms with van der Waals surface area (Å²) in [6, 6.07) is 24.3. The lowest BCUT2D eigenvalue weighted by atomic mass is 10.2. The number of halogens is 1. The fourth-order valence-corrected chi connectivity index (χ4v) is 4.26. The second-order valence-corrected chi connectivity index (χ2v) is 9.27. The summed E-state index contributed by atoms with van der Waals surface area (Å²) in [6.45, 7) is 3.44. The van der Waals surface area contributed by atoms with Crippen LogP contribution < -0.4 is 15.0 Å². The van der Waals surface area contributed by atoms with E-state index in [0.29, 0.717) is 41.8 Å². The van der Waals surface area contributed by atoms with E-state index in [2.05, 4.69) is 17.3 Å². The van der Waals surface area contributed by atoms with Crippen LogP contribution in [0.3, 0.4) is 0 Å². The molecule has 0 aromatic heterocycles. The number of nitrogens with zero attached hydrogens (tertiary/aromatic N) is 3. The molecule has 1 heterocycles. The molecule has 188 valence electrons. The minimum absolute atomic E-state index is 0.00914. The maximum absolute atomic E-state index is 13.2. The number of likely N-dealkylation sites (N-methyl/N-ethyl adjacent to an activating group) is 1. The van der Waals surface area contributed by atoms with Gasteiger partial charge in [-0.25, -0.2) is 0 Å². The Balaban J connectivity index is 1.51. The molecular weight excluding hydrogens is 476 g/mol. The quantitative estimate of drug-likeness (QED) is 0.474. The zero-order chi connectivity index (χ0) is 25.3. The number of piperazine rings is 1. The van der Waals surface area contributed by atoms with Gasteiger partial charge in [-0.2, -0.15) is 0 Å². The Morgan fingerprint density at radius 3 is 2.39 bits per heavy atom. The number of benzene rings is 3. The number of carbonyl (C=O) groups is 2. The maximum atomic E-state index is 13.2. The first-order chi connectivity index (χ1) is 17.5. The molecule has 36 heavy (non-hydrogen) atoms. The van der Waals surface area contributed by atoms with E-state index in [0.717, 1.165) is 18.7 Å². The minimum Gasteiger partial charge on any atom is -0.455 e. The fourth-order valence-electron chi connectivity index (χ4n) is 4.04. The lowest BCUT2D eigenvalue weighted by Gasteiger charge is -2.34. The molecule has 1 aliphatic rings. The Labute approximate surface area is 217 Å². The molecule has 4 rings (SSSR count). The van der Waals surface area contributed by atoms with Gasteiger partial charge in [-0.3, -0.25) is 9.59 Å². The Bertz CT molecular complexity index is 1170. The van der Waals surface area contributed by atoms with Crippen LogP contribution in [-0.2, 0) is 16.1 Å². The van der Waals surface area contributed by atoms with Crippen molar-refractivity contribution < 1.29 is 14.3 Å². The molecule has 7 nitrogen and oxygen atoms in total. The number of carbonyl (C=O) groups excluding carboxylic acids is 2. The first-order valence-corrected chi connectivity index (χ1v) is 12.4. The number of hydrogen-bond donors (Lipinski definition) is 1. The topological polar surface area (TPSA) is 65.1 Å². The van der Waals surface area contributed by atoms with Crippen LogP contribution in [0.4, 0.5) is 5.69 Å². The monoisotopic (exact) mass is 506 g/mol. The average Bonchev–Trinajstić information content (AvgIpc) is 2.88. The summed E-state index contributed by atoms with van der Waals surface area (Å²) >= 11 is 6.07. The van der Waals surface area contributed by atoms with Gasteiger partial charge in [-0.15, -0.1) is 0 Å². The van der Waals surface area contributed by atoms with Crippen molar-refractivity contribution in [3.8, 4) is 11.5 Å². The van der Waals surface area contributed by atoms with Gasteiger partial charge in [0.05, 0.1) is 18.8 Å². The molecule has 1 fully saturated rings. The number of rotatable bonds is 9. The third-order valence-electron chi connectivity index (χ3n) is 6.07. The summed E-state index contributed by atoms with van der Waals surface area (Å²) in [6.07, 6.45) is 0. The van der Waals surface area contributed by atoms with E-state index < -0.39 is 0 Å². The molecule has 3 aromatic carbocycles. The van der Waals surface area contributed by atoms with Crippen molar-refractivity contribution in [1.82, 2.24) is 15.1 Å². The van der Waals surface area contributed by atoms with Crippen LogP contribution in [0.1, 0.15) is 5.56 Å². The summed E-state index contributed by atoms with van der Waals surface area (Å²) in [4.78, 5) is 32.1. The molecule has 0 unspecified atom stereocenters. The van der Waals surface area contributed by atoms with Crippen molar-refractivity contribution in [1.29, 1.82) is 0 Å². The van der Waals surface area contributed by atoms with Crippen LogP contribution in [-0.4, -0.2) is 67.9 Å². The first kappa shape index (κ1) is 25.5. The highest BCUT2D eigenvalue weighted by molar-refractivity contribution is 6.30. The summed E-state index contributed by atoms with van der Waals surface area (Å²) < 4.78 is 6.14. The van der Waals surface area contributed by atoms with E-state index >= 15 is 0 Å². The van der Waals surface area contributed by atoms with Crippen molar-refractivity contribution in [3.63, 3.8) is 0 Å². The van der Waals surface area contributed by atoms with Crippen LogP contribution in [0.2, 0.25) is 5.02 Å². The third-order valence-corrected chi connectivity index (χ3v) is 6.31. The molecule has 0 radical (unpaired) electrons. The minimum atomic E-state index is -0.198. The van der Waals surface area contributed by atoms with E-state index in [-0.39, 0.29) is 24.9 Å². The van der Waals surface area contributed by atoms with Gasteiger partial charge in [0, 0.05) is 37.7 Å². The van der Waals surface area contributed by atoms with Gasteiger partial charge < -0.3 is 24.8 Å². The van der Waals surface area contributed by atoms with E-state index in [4.69, 9.17) is 16.3 Å². The second kappa shape index (κ2) is 12.4. The number of nitrogens with one attached hydrogen (secondary N) is 1. The Kier molecular flexibility index (Phi) is 8.81. The van der Waals surface area contributed by atoms with Crippen LogP contribution in [0.25, 0.3) is 0 Å². The highest BCUT2D eigenvalue weighted by Crippen LogP contribution is 2.32. The van der Waals surface area contributed by atoms with Crippen molar-refractivity contribution in [3.05, 3.63) is 89.4 Å². The molecule has 8 heteroatoms. The summed E-state index contributed by atoms with van der Waals surface area (Å²) in [7, 11) is 2.05. The highest BCUT2D eigenvalue weighted by atomic mass is 35.5. The van der Waals surface area contributed by atoms with Crippen LogP contribution in [0, 0.1) is 0 Å². The van der Waals surface area contributed by atoms with E-state index in [1.165, 1.54) is 0 Å². The summed E-state index contributed by atoms with van der Waals surface area (Å²) in [5.41, 5.74) is 1.59. The number of anilines is 1. The number of ether oxygens (including phenoxy) is 1. The molecule has 1 saturated heterocycles. The van der Waals surface area contributed by atoms with Crippen LogP contribution in [0.5, 0.6) is 11.5 Å². The number of hydrogen-bond acceptors (Lipinski definition) is 5. The van der Waals surface area contributed by atoms with Gasteiger partial charge in [0.1, 0.15) is 5.75 Å². The average molecular weight is 507 g/mol.